The molecule has 3 fully saturated rings. The van der Waals surface area contributed by atoms with Crippen molar-refractivity contribution in [3.8, 4) is 0 Å². The first kappa shape index (κ1) is 55.8. The van der Waals surface area contributed by atoms with Gasteiger partial charge in [-0.25, -0.2) is 38.5 Å². The van der Waals surface area contributed by atoms with E-state index in [0.717, 1.165) is 15.8 Å². The number of aliphatic hydroxyl groups is 1. The van der Waals surface area contributed by atoms with Crippen LogP contribution in [0.5, 0.6) is 0 Å². The molecular formula is C39H52N12O18P2S2. The minimum Gasteiger partial charge on any atom is -0.455 e. The molecule has 8 N–H and O–H groups in total. The normalized spacial score (nSPS) is 25.5. The van der Waals surface area contributed by atoms with E-state index in [0.29, 0.717) is 24.1 Å². The Balaban J connectivity index is 1.15. The lowest BCUT2D eigenvalue weighted by atomic mass is 10.1. The Labute approximate surface area is 422 Å². The summed E-state index contributed by atoms with van der Waals surface area (Å²) in [7, 11) is -6.73. The number of hydrogen-bond donors (Lipinski definition) is 6. The molecule has 6 unspecified atom stereocenters. The van der Waals surface area contributed by atoms with Crippen molar-refractivity contribution in [2.24, 2.45) is 5.11 Å². The van der Waals surface area contributed by atoms with Crippen LogP contribution in [0.4, 0.5) is 22.1 Å². The second-order valence-corrected chi connectivity index (χ2v) is 23.1. The van der Waals surface area contributed by atoms with Crippen molar-refractivity contribution >= 4 is 77.8 Å². The number of carbonyl (C=O) groups excluding carboxylic acids is 2. The van der Waals surface area contributed by atoms with Crippen molar-refractivity contribution in [2.45, 2.75) is 106 Å². The van der Waals surface area contributed by atoms with Crippen molar-refractivity contribution in [3.63, 3.8) is 0 Å². The molecule has 3 aliphatic heterocycles. The number of imidazole rings is 1. The number of carbonyl (C=O) groups is 2. The molecule has 0 spiro atoms. The highest BCUT2D eigenvalue weighted by Gasteiger charge is 2.54. The number of aromatic nitrogens is 6. The fraction of sp³-hybridized carbons (Fsp3) is 0.564. The Hall–Kier alpha value is -4.98. The molecule has 11 atom stereocenters. The number of fused-ring (bicyclic) bond motifs is 1. The van der Waals surface area contributed by atoms with Crippen molar-refractivity contribution in [1.29, 1.82) is 0 Å². The van der Waals surface area contributed by atoms with E-state index >= 15 is 0 Å². The first-order chi connectivity index (χ1) is 34.5. The van der Waals surface area contributed by atoms with Crippen LogP contribution in [-0.2, 0) is 62.5 Å². The third kappa shape index (κ3) is 14.5. The van der Waals surface area contributed by atoms with Gasteiger partial charge in [0.15, 0.2) is 36.3 Å². The maximum Gasteiger partial charge on any atom is 0.472 e. The number of azide groups is 1. The summed E-state index contributed by atoms with van der Waals surface area (Å²) in [6.45, 7) is 3.90. The number of anilines is 2. The van der Waals surface area contributed by atoms with E-state index in [1.165, 1.54) is 63.9 Å². The molecule has 0 saturated carbocycles. The van der Waals surface area contributed by atoms with Crippen LogP contribution < -0.4 is 17.2 Å². The number of phosphoric acid groups is 2. The number of rotatable bonds is 21. The Morgan fingerprint density at radius 1 is 1.01 bits per heavy atom. The van der Waals surface area contributed by atoms with Crippen molar-refractivity contribution < 1.29 is 80.5 Å². The summed E-state index contributed by atoms with van der Waals surface area (Å²) in [6.07, 6.45) is -10.7. The molecule has 1 aromatic carbocycles. The van der Waals surface area contributed by atoms with Crippen LogP contribution in [0.15, 0.2) is 59.1 Å². The van der Waals surface area contributed by atoms with Gasteiger partial charge in [-0.05, 0) is 23.6 Å². The molecule has 0 aliphatic carbocycles. The molecule has 4 aromatic rings. The second-order valence-electron chi connectivity index (χ2n) is 17.3. The van der Waals surface area contributed by atoms with E-state index in [2.05, 4.69) is 30.0 Å². The monoisotopic (exact) mass is 1100 g/mol. The highest BCUT2D eigenvalue weighted by atomic mass is 33.1. The van der Waals surface area contributed by atoms with Crippen LogP contribution in [0, 0.1) is 0 Å². The van der Waals surface area contributed by atoms with Crippen molar-refractivity contribution in [1.82, 2.24) is 34.0 Å². The number of nitrogen functional groups attached to an aromatic ring is 2. The van der Waals surface area contributed by atoms with Gasteiger partial charge in [0, 0.05) is 47.4 Å². The van der Waals surface area contributed by atoms with Gasteiger partial charge in [-0.15, -0.1) is 0 Å². The van der Waals surface area contributed by atoms with E-state index in [1.807, 2.05) is 20.8 Å². The van der Waals surface area contributed by atoms with Crippen LogP contribution in [-0.4, -0.2) is 152 Å². The van der Waals surface area contributed by atoms with Crippen LogP contribution >= 0.6 is 37.2 Å². The summed E-state index contributed by atoms with van der Waals surface area (Å²) in [5.41, 5.74) is 20.6. The van der Waals surface area contributed by atoms with Crippen LogP contribution in [0.25, 0.3) is 21.6 Å². The molecule has 6 heterocycles. The van der Waals surface area contributed by atoms with E-state index < -0.39 is 108 Å². The Bertz CT molecular complexity index is 2790. The molecule has 3 aromatic heterocycles. The Kier molecular flexibility index (Phi) is 18.1. The summed E-state index contributed by atoms with van der Waals surface area (Å²) >= 11 is 0. The number of ether oxygens (including phenoxy) is 6. The standard InChI is InChI=1S/C39H52N12O18P2S2/c1-39(2,3)73-72-17-22(49(4)38(55)62-14-20-7-9-21(10-8-20)47-48-42)36(53)68-29-23(65-34(28(29)52)51-19-45-27-32(41)43-18-44-33(27)51)16-64-71(59,60)69-30-24(15-63-70(56,57)58)66-35(31(30)67-26-6-5-13-61-26)50-12-11-25(40)46-37(50)54/h7-12,18-19,22-24,26,28-31,34-35,52H,5-6,13-17H2,1-4H3,(H,59,60)(H2,40,46,54)(H2,41,43,44)(H2,56,57,58)/t22-,23?,24+,26?,28?,29?,30+,31+,34?,35+/m0/s1. The fourth-order valence-electron chi connectivity index (χ4n) is 7.51. The van der Waals surface area contributed by atoms with E-state index in [-0.39, 0.29) is 46.5 Å². The molecule has 7 rings (SSSR count). The molecule has 73 heavy (non-hydrogen) atoms. The lowest BCUT2D eigenvalue weighted by Gasteiger charge is -2.30. The number of likely N-dealkylation sites (N-methyl/N-ethyl adjacent to an activating group) is 1. The van der Waals surface area contributed by atoms with Crippen molar-refractivity contribution in [3.05, 3.63) is 75.7 Å². The summed E-state index contributed by atoms with van der Waals surface area (Å²) in [4.78, 5) is 91.4. The minimum absolute atomic E-state index is 0.0204. The Morgan fingerprint density at radius 2 is 1.73 bits per heavy atom. The summed E-state index contributed by atoms with van der Waals surface area (Å²) in [6, 6.07) is 6.07. The largest absolute Gasteiger partial charge is 0.472 e. The summed E-state index contributed by atoms with van der Waals surface area (Å²) < 4.78 is 79.1. The van der Waals surface area contributed by atoms with Crippen LogP contribution in [0.2, 0.25) is 0 Å². The SMILES string of the molecule is CN(C(=O)OCc1ccc(N=[N+]=[N-])cc1)[C@@H](CSSC(C)(C)C)C(=O)OC1C(COP(=O)(O)O[C@H]2[C@@H](OC3CCCO3)[C@H](n3ccc(N)nc3=O)O[C@@H]2COP(=O)(O)O)OC(n2cnc3c(N)ncnc32)C1O. The third-order valence-electron chi connectivity index (χ3n) is 10.9. The molecule has 1 amide bonds. The fourth-order valence-corrected chi connectivity index (χ4v) is 11.4. The molecule has 0 bridgehead atoms. The lowest BCUT2D eigenvalue weighted by molar-refractivity contribution is -0.181. The molecular weight excluding hydrogens is 1050 g/mol. The summed E-state index contributed by atoms with van der Waals surface area (Å²) in [5, 5.41) is 15.5. The van der Waals surface area contributed by atoms with Gasteiger partial charge in [0.25, 0.3) is 0 Å². The maximum atomic E-state index is 14.4. The zero-order chi connectivity index (χ0) is 52.8. The maximum absolute atomic E-state index is 14.4. The van der Waals surface area contributed by atoms with Gasteiger partial charge in [0.05, 0.1) is 19.5 Å². The van der Waals surface area contributed by atoms with Gasteiger partial charge < -0.3 is 59.7 Å². The number of nitrogens with zero attached hydrogens (tertiary/aromatic N) is 10. The number of aliphatic hydroxyl groups excluding tert-OH is 1. The Morgan fingerprint density at radius 3 is 2.40 bits per heavy atom. The number of hydrogen-bond acceptors (Lipinski definition) is 24. The number of phosphoric ester groups is 2. The highest BCUT2D eigenvalue weighted by molar-refractivity contribution is 8.77. The van der Waals surface area contributed by atoms with Gasteiger partial charge >= 0.3 is 33.4 Å². The van der Waals surface area contributed by atoms with Gasteiger partial charge in [0.2, 0.25) is 0 Å². The zero-order valence-electron chi connectivity index (χ0n) is 39.2. The first-order valence-electron chi connectivity index (χ1n) is 21.9. The zero-order valence-corrected chi connectivity index (χ0v) is 42.6. The van der Waals surface area contributed by atoms with Gasteiger partial charge in [-0.1, -0.05) is 71.7 Å². The molecule has 3 saturated heterocycles. The van der Waals surface area contributed by atoms with E-state index in [9.17, 15) is 43.3 Å². The van der Waals surface area contributed by atoms with Gasteiger partial charge in [-0.3, -0.25) is 27.6 Å². The number of esters is 1. The smallest absolute Gasteiger partial charge is 0.455 e. The highest BCUT2D eigenvalue weighted by Crippen LogP contribution is 2.51. The van der Waals surface area contributed by atoms with Crippen molar-refractivity contribution in [2.75, 3.05) is 44.1 Å². The van der Waals surface area contributed by atoms with Gasteiger partial charge in [0.1, 0.15) is 60.8 Å². The predicted octanol–water partition coefficient (Wildman–Crippen LogP) is 3.21. The molecule has 0 radical (unpaired) electrons. The quantitative estimate of drug-likeness (QED) is 0.0174. The second kappa shape index (κ2) is 23.7. The minimum atomic E-state index is -5.47. The van der Waals surface area contributed by atoms with Gasteiger partial charge in [-0.2, -0.15) is 4.98 Å². The number of benzene rings is 1. The van der Waals surface area contributed by atoms with Crippen LogP contribution in [0.1, 0.15) is 51.6 Å². The molecule has 34 heteroatoms. The lowest BCUT2D eigenvalue weighted by Crippen LogP contribution is -2.48. The number of amides is 1. The van der Waals surface area contributed by atoms with Crippen LogP contribution in [0.3, 0.4) is 0 Å². The summed E-state index contributed by atoms with van der Waals surface area (Å²) in [5.74, 6) is -1.30. The van der Waals surface area contributed by atoms with E-state index in [4.69, 9.17) is 59.0 Å². The molecule has 3 aliphatic rings. The average molecular weight is 1100 g/mol. The molecule has 398 valence electrons. The topological polar surface area (TPSA) is 415 Å². The number of nitrogens with two attached hydrogens (primary N) is 2. The molecule has 30 nitrogen and oxygen atoms in total. The third-order valence-corrected chi connectivity index (χ3v) is 15.7. The first-order valence-corrected chi connectivity index (χ1v) is 27.3. The predicted molar refractivity (Wildman–Crippen MR) is 256 cm³/mol. The average Bonchev–Trinajstić information content (AvgIpc) is 4.13. The van der Waals surface area contributed by atoms with E-state index in [1.54, 1.807) is 12.1 Å².